The molecule has 1 N–H and O–H groups in total. The van der Waals surface area contributed by atoms with E-state index in [1.807, 2.05) is 6.92 Å². The third kappa shape index (κ3) is 1.53. The molecule has 0 radical (unpaired) electrons. The number of aliphatic hydroxyl groups is 1. The van der Waals surface area contributed by atoms with Crippen LogP contribution in [0.15, 0.2) is 18.2 Å². The largest absolute Gasteiger partial charge is 0.493 e. The Morgan fingerprint density at radius 3 is 3.07 bits per heavy atom. The van der Waals surface area contributed by atoms with Crippen LogP contribution in [0.25, 0.3) is 0 Å². The predicted octanol–water partition coefficient (Wildman–Crippen LogP) is 2.11. The fraction of sp³-hybridized carbons (Fsp3) is 0.538. The highest BCUT2D eigenvalue weighted by atomic mass is 16.5. The van der Waals surface area contributed by atoms with Gasteiger partial charge in [-0.15, -0.1) is 0 Å². The van der Waals surface area contributed by atoms with Gasteiger partial charge < -0.3 is 9.84 Å². The van der Waals surface area contributed by atoms with Gasteiger partial charge in [0.2, 0.25) is 0 Å². The number of hydrogen-bond acceptors (Lipinski definition) is 2. The summed E-state index contributed by atoms with van der Waals surface area (Å²) in [6.07, 6.45) is 2.01. The van der Waals surface area contributed by atoms with Gasteiger partial charge in [0.05, 0.1) is 12.7 Å². The van der Waals surface area contributed by atoms with Crippen LogP contribution in [0, 0.1) is 5.92 Å². The molecule has 0 aromatic heterocycles. The van der Waals surface area contributed by atoms with Crippen LogP contribution >= 0.6 is 0 Å². The third-order valence-electron chi connectivity index (χ3n) is 3.60. The number of rotatable bonds is 2. The minimum atomic E-state index is -0.167. The highest BCUT2D eigenvalue weighted by Crippen LogP contribution is 2.50. The van der Waals surface area contributed by atoms with Gasteiger partial charge >= 0.3 is 0 Å². The van der Waals surface area contributed by atoms with Crippen LogP contribution in [0.5, 0.6) is 5.75 Å². The molecule has 1 saturated carbocycles. The van der Waals surface area contributed by atoms with Crippen molar-refractivity contribution >= 4 is 0 Å². The maximum Gasteiger partial charge on any atom is 0.122 e. The fourth-order valence-electron chi connectivity index (χ4n) is 2.57. The average molecular weight is 204 g/mol. The molecule has 1 aliphatic carbocycles. The normalized spacial score (nSPS) is 29.5. The quantitative estimate of drug-likeness (QED) is 0.799. The molecule has 3 atom stereocenters. The van der Waals surface area contributed by atoms with Gasteiger partial charge in [0.15, 0.2) is 0 Å². The first-order chi connectivity index (χ1) is 7.25. The third-order valence-corrected chi connectivity index (χ3v) is 3.60. The summed E-state index contributed by atoms with van der Waals surface area (Å²) in [6.45, 7) is 2.71. The van der Waals surface area contributed by atoms with E-state index >= 15 is 0 Å². The highest BCUT2D eigenvalue weighted by molar-refractivity contribution is 5.42. The molecule has 1 aliphatic heterocycles. The molecule has 0 spiro atoms. The lowest BCUT2D eigenvalue weighted by Gasteiger charge is -2.05. The molecule has 2 aliphatic rings. The second kappa shape index (κ2) is 3.24. The first-order valence-corrected chi connectivity index (χ1v) is 5.69. The van der Waals surface area contributed by atoms with E-state index < -0.39 is 0 Å². The Bertz CT molecular complexity index is 384. The second-order valence-electron chi connectivity index (χ2n) is 4.71. The zero-order chi connectivity index (χ0) is 10.4. The first kappa shape index (κ1) is 9.22. The average Bonchev–Trinajstić information content (AvgIpc) is 2.89. The van der Waals surface area contributed by atoms with Crippen LogP contribution in [-0.4, -0.2) is 17.8 Å². The lowest BCUT2D eigenvalue weighted by Crippen LogP contribution is -2.03. The van der Waals surface area contributed by atoms with Crippen LogP contribution in [0.1, 0.15) is 30.4 Å². The Balaban J connectivity index is 1.83. The Labute approximate surface area is 89.9 Å². The van der Waals surface area contributed by atoms with E-state index in [1.54, 1.807) is 0 Å². The molecule has 0 unspecified atom stereocenters. The van der Waals surface area contributed by atoms with Gasteiger partial charge in [-0.3, -0.25) is 0 Å². The molecular formula is C13H16O2. The minimum absolute atomic E-state index is 0.167. The van der Waals surface area contributed by atoms with Crippen molar-refractivity contribution in [2.45, 2.75) is 31.8 Å². The molecule has 2 heteroatoms. The monoisotopic (exact) mass is 204 g/mol. The van der Waals surface area contributed by atoms with E-state index in [1.165, 1.54) is 11.1 Å². The smallest absolute Gasteiger partial charge is 0.122 e. The van der Waals surface area contributed by atoms with Gasteiger partial charge in [0.1, 0.15) is 5.75 Å². The number of ether oxygens (including phenoxy) is 1. The molecule has 3 rings (SSSR count). The van der Waals surface area contributed by atoms with E-state index in [0.717, 1.165) is 25.2 Å². The Morgan fingerprint density at radius 2 is 2.33 bits per heavy atom. The zero-order valence-electron chi connectivity index (χ0n) is 8.94. The summed E-state index contributed by atoms with van der Waals surface area (Å²) in [7, 11) is 0. The standard InChI is InChI=1S/C13H16O2/c1-8(14)11-7-12(11)9-2-3-13-10(6-9)4-5-15-13/h2-3,6,8,11-12,14H,4-5,7H2,1H3/t8-,11+,12-/m0/s1. The lowest BCUT2D eigenvalue weighted by molar-refractivity contribution is 0.169. The van der Waals surface area contributed by atoms with Crippen molar-refractivity contribution in [2.75, 3.05) is 6.61 Å². The van der Waals surface area contributed by atoms with Gasteiger partial charge in [0.25, 0.3) is 0 Å². The summed E-state index contributed by atoms with van der Waals surface area (Å²) in [5.41, 5.74) is 2.72. The van der Waals surface area contributed by atoms with E-state index in [2.05, 4.69) is 18.2 Å². The maximum absolute atomic E-state index is 9.49. The molecule has 0 amide bonds. The van der Waals surface area contributed by atoms with Gasteiger partial charge in [-0.2, -0.15) is 0 Å². The molecular weight excluding hydrogens is 188 g/mol. The van der Waals surface area contributed by atoms with Crippen LogP contribution in [-0.2, 0) is 6.42 Å². The summed E-state index contributed by atoms with van der Waals surface area (Å²) in [6, 6.07) is 6.49. The number of hydrogen-bond donors (Lipinski definition) is 1. The van der Waals surface area contributed by atoms with Crippen molar-refractivity contribution < 1.29 is 9.84 Å². The first-order valence-electron chi connectivity index (χ1n) is 5.69. The Kier molecular flexibility index (Phi) is 1.99. The summed E-state index contributed by atoms with van der Waals surface area (Å²) in [5, 5.41) is 9.49. The van der Waals surface area contributed by atoms with Crippen LogP contribution in [0.2, 0.25) is 0 Å². The van der Waals surface area contributed by atoms with Crippen LogP contribution < -0.4 is 4.74 Å². The van der Waals surface area contributed by atoms with E-state index in [0.29, 0.717) is 11.8 Å². The minimum Gasteiger partial charge on any atom is -0.493 e. The van der Waals surface area contributed by atoms with E-state index in [-0.39, 0.29) is 6.10 Å². The van der Waals surface area contributed by atoms with Crippen molar-refractivity contribution in [3.05, 3.63) is 29.3 Å². The molecule has 80 valence electrons. The summed E-state index contributed by atoms with van der Waals surface area (Å²) < 4.78 is 5.48. The molecule has 1 aromatic rings. The van der Waals surface area contributed by atoms with Crippen molar-refractivity contribution in [3.63, 3.8) is 0 Å². The van der Waals surface area contributed by atoms with Crippen molar-refractivity contribution in [3.8, 4) is 5.75 Å². The molecule has 0 saturated heterocycles. The van der Waals surface area contributed by atoms with Crippen molar-refractivity contribution in [1.29, 1.82) is 0 Å². The fourth-order valence-corrected chi connectivity index (χ4v) is 2.57. The van der Waals surface area contributed by atoms with Gasteiger partial charge in [-0.05, 0) is 42.4 Å². The van der Waals surface area contributed by atoms with Crippen LogP contribution in [0.4, 0.5) is 0 Å². The molecule has 1 heterocycles. The van der Waals surface area contributed by atoms with Crippen LogP contribution in [0.3, 0.4) is 0 Å². The van der Waals surface area contributed by atoms with E-state index in [9.17, 15) is 5.11 Å². The van der Waals surface area contributed by atoms with Gasteiger partial charge in [-0.1, -0.05) is 12.1 Å². The summed E-state index contributed by atoms with van der Waals surface area (Å²) in [4.78, 5) is 0. The Morgan fingerprint density at radius 1 is 1.47 bits per heavy atom. The highest BCUT2D eigenvalue weighted by Gasteiger charge is 2.41. The Hall–Kier alpha value is -1.02. The number of aliphatic hydroxyl groups excluding tert-OH is 1. The molecule has 0 bridgehead atoms. The van der Waals surface area contributed by atoms with E-state index in [4.69, 9.17) is 4.74 Å². The van der Waals surface area contributed by atoms with Crippen molar-refractivity contribution in [1.82, 2.24) is 0 Å². The SMILES string of the molecule is C[C@H](O)[C@H]1C[C@H]1c1ccc2c(c1)CCO2. The molecule has 1 aromatic carbocycles. The number of fused-ring (bicyclic) bond motifs is 1. The second-order valence-corrected chi connectivity index (χ2v) is 4.71. The molecule has 15 heavy (non-hydrogen) atoms. The van der Waals surface area contributed by atoms with Gasteiger partial charge in [-0.25, -0.2) is 0 Å². The zero-order valence-corrected chi connectivity index (χ0v) is 8.94. The molecule has 1 fully saturated rings. The topological polar surface area (TPSA) is 29.5 Å². The number of benzene rings is 1. The maximum atomic E-state index is 9.49. The van der Waals surface area contributed by atoms with Gasteiger partial charge in [0, 0.05) is 6.42 Å². The predicted molar refractivity (Wildman–Crippen MR) is 58.2 cm³/mol. The summed E-state index contributed by atoms with van der Waals surface area (Å²) in [5.74, 6) is 2.11. The summed E-state index contributed by atoms with van der Waals surface area (Å²) >= 11 is 0. The lowest BCUT2D eigenvalue weighted by atomic mass is 10.0. The van der Waals surface area contributed by atoms with Crippen molar-refractivity contribution in [2.24, 2.45) is 5.92 Å². The molecule has 2 nitrogen and oxygen atoms in total.